The number of thioether (sulfide) groups is 1. The zero-order valence-electron chi connectivity index (χ0n) is 13.0. The lowest BCUT2D eigenvalue weighted by Crippen LogP contribution is -2.35. The molecule has 2 nitrogen and oxygen atoms in total. The monoisotopic (exact) mass is 282 g/mol. The molecule has 0 spiro atoms. The average Bonchev–Trinajstić information content (AvgIpc) is 3.00. The number of rotatable bonds is 5. The molecule has 1 fully saturated rings. The molecule has 1 aliphatic carbocycles. The third-order valence-electron chi connectivity index (χ3n) is 5.31. The Hall–Kier alpha value is -0.180. The van der Waals surface area contributed by atoms with Crippen LogP contribution >= 0.6 is 11.8 Å². The third-order valence-corrected chi connectivity index (χ3v) is 6.62. The quantitative estimate of drug-likeness (QED) is 0.812. The maximum atomic E-state index is 4.75. The highest BCUT2D eigenvalue weighted by Gasteiger charge is 2.34. The molecule has 110 valence electrons. The van der Waals surface area contributed by atoms with E-state index in [2.05, 4.69) is 33.0 Å². The van der Waals surface area contributed by atoms with Crippen molar-refractivity contribution >= 4 is 16.9 Å². The summed E-state index contributed by atoms with van der Waals surface area (Å²) >= 11 is 2.00. The van der Waals surface area contributed by atoms with Crippen molar-refractivity contribution in [2.75, 3.05) is 6.54 Å². The molecule has 2 aliphatic rings. The Morgan fingerprint density at radius 2 is 2.00 bits per heavy atom. The van der Waals surface area contributed by atoms with Crippen molar-refractivity contribution in [3.63, 3.8) is 0 Å². The van der Waals surface area contributed by atoms with Gasteiger partial charge in [0.25, 0.3) is 0 Å². The fraction of sp³-hybridized carbons (Fsp3) is 0.938. The first-order valence-corrected chi connectivity index (χ1v) is 9.05. The van der Waals surface area contributed by atoms with Crippen LogP contribution in [0.2, 0.25) is 0 Å². The molecule has 0 bridgehead atoms. The first kappa shape index (κ1) is 15.2. The summed E-state index contributed by atoms with van der Waals surface area (Å²) in [5.74, 6) is 2.55. The Kier molecular flexibility index (Phi) is 5.61. The van der Waals surface area contributed by atoms with Crippen LogP contribution in [-0.4, -0.2) is 23.0 Å². The lowest BCUT2D eigenvalue weighted by molar-refractivity contribution is 0.369. The molecule has 1 aliphatic heterocycles. The van der Waals surface area contributed by atoms with E-state index in [9.17, 15) is 0 Å². The predicted octanol–water partition coefficient (Wildman–Crippen LogP) is 4.31. The second-order valence-corrected chi connectivity index (χ2v) is 7.46. The van der Waals surface area contributed by atoms with Crippen LogP contribution in [0.3, 0.4) is 0 Å². The van der Waals surface area contributed by atoms with Crippen LogP contribution in [0, 0.1) is 17.8 Å². The van der Waals surface area contributed by atoms with Crippen LogP contribution in [0.4, 0.5) is 0 Å². The van der Waals surface area contributed by atoms with E-state index >= 15 is 0 Å². The molecular formula is C16H30N2S. The molecule has 1 N–H and O–H groups in total. The zero-order chi connectivity index (χ0) is 13.8. The smallest absolute Gasteiger partial charge is 0.157 e. The highest BCUT2D eigenvalue weighted by atomic mass is 32.2. The molecule has 0 saturated heterocycles. The van der Waals surface area contributed by atoms with Crippen LogP contribution in [-0.2, 0) is 0 Å². The highest BCUT2D eigenvalue weighted by Crippen LogP contribution is 2.36. The van der Waals surface area contributed by atoms with Crippen LogP contribution < -0.4 is 5.32 Å². The van der Waals surface area contributed by atoms with Gasteiger partial charge in [-0.25, -0.2) is 0 Å². The van der Waals surface area contributed by atoms with E-state index in [1.54, 1.807) is 0 Å². The van der Waals surface area contributed by atoms with Gasteiger partial charge >= 0.3 is 0 Å². The number of amidine groups is 1. The van der Waals surface area contributed by atoms with Crippen molar-refractivity contribution < 1.29 is 0 Å². The number of hydrogen-bond donors (Lipinski definition) is 1. The molecule has 4 unspecified atom stereocenters. The maximum Gasteiger partial charge on any atom is 0.157 e. The molecule has 1 heterocycles. The standard InChI is InChI=1S/C16H30N2S/c1-5-12(6-2)15-10-17-16(19-15)18-14-9-8-13(7-3)11(14)4/h11-15H,5-10H2,1-4H3,(H,17,18). The molecular weight excluding hydrogens is 252 g/mol. The van der Waals surface area contributed by atoms with Gasteiger partial charge in [0.15, 0.2) is 5.17 Å². The fourth-order valence-corrected chi connectivity index (χ4v) is 5.10. The normalized spacial score (nSPS) is 34.9. The van der Waals surface area contributed by atoms with Crippen molar-refractivity contribution in [3.8, 4) is 0 Å². The summed E-state index contributed by atoms with van der Waals surface area (Å²) in [6, 6.07) is 0.664. The second kappa shape index (κ2) is 7.01. The Balaban J connectivity index is 1.82. The topological polar surface area (TPSA) is 24.4 Å². The molecule has 0 aromatic heterocycles. The second-order valence-electron chi connectivity index (χ2n) is 6.23. The van der Waals surface area contributed by atoms with Crippen molar-refractivity contribution in [3.05, 3.63) is 0 Å². The Morgan fingerprint density at radius 1 is 1.26 bits per heavy atom. The molecule has 0 aromatic rings. The van der Waals surface area contributed by atoms with E-state index in [1.165, 1.54) is 37.3 Å². The molecule has 0 aromatic carbocycles. The number of nitrogens with zero attached hydrogens (tertiary/aromatic N) is 1. The summed E-state index contributed by atoms with van der Waals surface area (Å²) in [4.78, 5) is 4.75. The Bertz CT molecular complexity index is 312. The van der Waals surface area contributed by atoms with Gasteiger partial charge in [-0.2, -0.15) is 0 Å². The van der Waals surface area contributed by atoms with E-state index in [4.69, 9.17) is 4.99 Å². The van der Waals surface area contributed by atoms with Gasteiger partial charge in [-0.1, -0.05) is 58.7 Å². The summed E-state index contributed by atoms with van der Waals surface area (Å²) in [7, 11) is 0. The minimum absolute atomic E-state index is 0.664. The zero-order valence-corrected chi connectivity index (χ0v) is 13.8. The van der Waals surface area contributed by atoms with Gasteiger partial charge < -0.3 is 5.32 Å². The first-order chi connectivity index (χ1) is 9.19. The van der Waals surface area contributed by atoms with E-state index in [-0.39, 0.29) is 0 Å². The maximum absolute atomic E-state index is 4.75. The van der Waals surface area contributed by atoms with Gasteiger partial charge in [0.2, 0.25) is 0 Å². The third kappa shape index (κ3) is 3.48. The van der Waals surface area contributed by atoms with Crippen molar-refractivity contribution in [2.24, 2.45) is 22.7 Å². The van der Waals surface area contributed by atoms with E-state index in [0.717, 1.165) is 29.5 Å². The lowest BCUT2D eigenvalue weighted by atomic mass is 9.94. The number of nitrogens with one attached hydrogen (secondary N) is 1. The molecule has 4 atom stereocenters. The molecule has 0 amide bonds. The summed E-state index contributed by atoms with van der Waals surface area (Å²) in [5, 5.41) is 5.68. The average molecular weight is 282 g/mol. The largest absolute Gasteiger partial charge is 0.362 e. The number of hydrogen-bond acceptors (Lipinski definition) is 3. The Labute approximate surface area is 123 Å². The van der Waals surface area contributed by atoms with Gasteiger partial charge in [-0.05, 0) is 30.6 Å². The van der Waals surface area contributed by atoms with Gasteiger partial charge in [0.05, 0.1) is 6.54 Å². The molecule has 19 heavy (non-hydrogen) atoms. The van der Waals surface area contributed by atoms with Gasteiger partial charge in [-0.15, -0.1) is 0 Å². The van der Waals surface area contributed by atoms with E-state index < -0.39 is 0 Å². The van der Waals surface area contributed by atoms with Gasteiger partial charge in [0, 0.05) is 11.3 Å². The van der Waals surface area contributed by atoms with Crippen LogP contribution in [0.5, 0.6) is 0 Å². The highest BCUT2D eigenvalue weighted by molar-refractivity contribution is 8.14. The summed E-state index contributed by atoms with van der Waals surface area (Å²) in [6.45, 7) is 10.4. The van der Waals surface area contributed by atoms with Gasteiger partial charge in [0.1, 0.15) is 0 Å². The summed E-state index contributed by atoms with van der Waals surface area (Å²) < 4.78 is 0. The van der Waals surface area contributed by atoms with Crippen molar-refractivity contribution in [1.29, 1.82) is 0 Å². The predicted molar refractivity (Wildman–Crippen MR) is 86.9 cm³/mol. The first-order valence-electron chi connectivity index (χ1n) is 8.17. The molecule has 3 heteroatoms. The SMILES string of the molecule is CCC(CC)C1CN=C(NC2CCC(CC)C2C)S1. The summed E-state index contributed by atoms with van der Waals surface area (Å²) in [6.07, 6.45) is 6.62. The van der Waals surface area contributed by atoms with E-state index in [1.807, 2.05) is 11.8 Å². The van der Waals surface area contributed by atoms with E-state index in [0.29, 0.717) is 6.04 Å². The number of aliphatic imine (C=N–C) groups is 1. The van der Waals surface area contributed by atoms with Crippen molar-refractivity contribution in [2.45, 2.75) is 71.1 Å². The summed E-state index contributed by atoms with van der Waals surface area (Å²) in [5.41, 5.74) is 0. The lowest BCUT2D eigenvalue weighted by Gasteiger charge is -2.23. The molecule has 1 saturated carbocycles. The minimum atomic E-state index is 0.664. The molecule has 2 rings (SSSR count). The van der Waals surface area contributed by atoms with Crippen LogP contribution in [0.15, 0.2) is 4.99 Å². The van der Waals surface area contributed by atoms with Crippen molar-refractivity contribution in [1.82, 2.24) is 5.32 Å². The van der Waals surface area contributed by atoms with Crippen LogP contribution in [0.25, 0.3) is 0 Å². The molecule has 0 radical (unpaired) electrons. The fourth-order valence-electron chi connectivity index (χ4n) is 3.72. The van der Waals surface area contributed by atoms with Crippen LogP contribution in [0.1, 0.15) is 59.8 Å². The van der Waals surface area contributed by atoms with Gasteiger partial charge in [-0.3, -0.25) is 4.99 Å². The minimum Gasteiger partial charge on any atom is -0.362 e. The Morgan fingerprint density at radius 3 is 2.58 bits per heavy atom.